The van der Waals surface area contributed by atoms with E-state index in [1.54, 1.807) is 12.1 Å². The quantitative estimate of drug-likeness (QED) is 0.105. The van der Waals surface area contributed by atoms with E-state index >= 15 is 0 Å². The number of phenols is 1. The molecule has 256 valence electrons. The second kappa shape index (κ2) is 17.1. The van der Waals surface area contributed by atoms with Crippen LogP contribution in [0.4, 0.5) is 16.2 Å². The molecule has 2 fully saturated rings. The summed E-state index contributed by atoms with van der Waals surface area (Å²) in [6.07, 6.45) is 4.41. The number of carbonyl (C=O) groups is 3. The van der Waals surface area contributed by atoms with Crippen molar-refractivity contribution in [1.29, 1.82) is 0 Å². The van der Waals surface area contributed by atoms with E-state index < -0.39 is 12.2 Å². The fraction of sp³-hybridized carbons (Fsp3) is 0.432. The van der Waals surface area contributed by atoms with Crippen molar-refractivity contribution in [3.8, 4) is 16.9 Å². The first-order valence-corrected chi connectivity index (χ1v) is 16.9. The summed E-state index contributed by atoms with van der Waals surface area (Å²) < 4.78 is 0. The summed E-state index contributed by atoms with van der Waals surface area (Å²) in [6.45, 7) is 3.26. The van der Waals surface area contributed by atoms with Gasteiger partial charge in [0.05, 0.1) is 17.5 Å². The van der Waals surface area contributed by atoms with Gasteiger partial charge in [-0.2, -0.15) is 0 Å². The summed E-state index contributed by atoms with van der Waals surface area (Å²) >= 11 is 0. The van der Waals surface area contributed by atoms with Crippen LogP contribution >= 0.6 is 0 Å². The number of amides is 3. The molecule has 0 radical (unpaired) electrons. The molecular weight excluding hydrogens is 610 g/mol. The van der Waals surface area contributed by atoms with Crippen LogP contribution in [0.5, 0.6) is 5.75 Å². The molecule has 11 nitrogen and oxygen atoms in total. The van der Waals surface area contributed by atoms with Crippen LogP contribution in [-0.4, -0.2) is 83.4 Å². The Morgan fingerprint density at radius 1 is 0.938 bits per heavy atom. The molecule has 11 heteroatoms. The molecule has 0 aromatic heterocycles. The predicted octanol–water partition coefficient (Wildman–Crippen LogP) is 4.96. The first kappa shape index (κ1) is 34.9. The number of aliphatic hydroxyl groups is 1. The van der Waals surface area contributed by atoms with Crippen LogP contribution in [0.2, 0.25) is 0 Å². The van der Waals surface area contributed by atoms with Crippen molar-refractivity contribution >= 4 is 29.8 Å². The summed E-state index contributed by atoms with van der Waals surface area (Å²) in [6, 6.07) is 22.2. The second-order valence-electron chi connectivity index (χ2n) is 12.9. The van der Waals surface area contributed by atoms with E-state index in [9.17, 15) is 29.7 Å². The zero-order valence-electron chi connectivity index (χ0n) is 27.3. The number of rotatable bonds is 14. The molecule has 5 rings (SSSR count). The largest absolute Gasteiger partial charge is 0.506 e. The van der Waals surface area contributed by atoms with Gasteiger partial charge < -0.3 is 36.2 Å². The van der Waals surface area contributed by atoms with Gasteiger partial charge in [-0.1, -0.05) is 54.6 Å². The fourth-order valence-electron chi connectivity index (χ4n) is 6.96. The summed E-state index contributed by atoms with van der Waals surface area (Å²) in [7, 11) is 0. The number of nitrogens with zero attached hydrogens (tertiary/aromatic N) is 2. The Labute approximate surface area is 282 Å². The predicted molar refractivity (Wildman–Crippen MR) is 186 cm³/mol. The summed E-state index contributed by atoms with van der Waals surface area (Å²) in [5.74, 6) is 0.466. The van der Waals surface area contributed by atoms with Crippen LogP contribution in [0, 0.1) is 5.92 Å². The van der Waals surface area contributed by atoms with Crippen molar-refractivity contribution in [1.82, 2.24) is 15.5 Å². The van der Waals surface area contributed by atoms with E-state index in [4.69, 9.17) is 0 Å². The highest BCUT2D eigenvalue weighted by atomic mass is 16.4. The third-order valence-corrected chi connectivity index (χ3v) is 9.63. The van der Waals surface area contributed by atoms with E-state index in [-0.39, 0.29) is 29.4 Å². The Morgan fingerprint density at radius 2 is 1.65 bits per heavy atom. The maximum atomic E-state index is 12.8. The average Bonchev–Trinajstić information content (AvgIpc) is 3.10. The molecular formula is C37H47N5O6. The molecule has 1 heterocycles. The van der Waals surface area contributed by atoms with E-state index in [2.05, 4.69) is 20.9 Å². The number of likely N-dealkylation sites (tertiary alicyclic amines) is 1. The van der Waals surface area contributed by atoms with Gasteiger partial charge in [-0.3, -0.25) is 14.5 Å². The number of carboxylic acid groups (broad SMARTS) is 1. The van der Waals surface area contributed by atoms with Crippen molar-refractivity contribution in [3.63, 3.8) is 0 Å². The highest BCUT2D eigenvalue weighted by Crippen LogP contribution is 2.34. The molecule has 0 unspecified atom stereocenters. The third kappa shape index (κ3) is 9.33. The van der Waals surface area contributed by atoms with Crippen LogP contribution in [0.25, 0.3) is 11.1 Å². The number of carbonyl (C=O) groups excluding carboxylic acids is 2. The number of nitrogens with one attached hydrogen (secondary N) is 3. The van der Waals surface area contributed by atoms with Gasteiger partial charge in [0.2, 0.25) is 12.3 Å². The summed E-state index contributed by atoms with van der Waals surface area (Å²) in [5, 5.41) is 39.6. The number of hydrogen-bond acceptors (Lipinski definition) is 7. The van der Waals surface area contributed by atoms with Gasteiger partial charge in [-0.05, 0) is 80.3 Å². The van der Waals surface area contributed by atoms with Gasteiger partial charge in [0.25, 0.3) is 0 Å². The molecule has 1 saturated carbocycles. The van der Waals surface area contributed by atoms with Gasteiger partial charge in [-0.15, -0.1) is 0 Å². The van der Waals surface area contributed by atoms with Gasteiger partial charge in [0.1, 0.15) is 5.75 Å². The minimum Gasteiger partial charge on any atom is -0.506 e. The number of piperidine rings is 1. The zero-order chi connectivity index (χ0) is 33.9. The van der Waals surface area contributed by atoms with Crippen LogP contribution in [0.15, 0.2) is 72.8 Å². The molecule has 2 aliphatic rings. The highest BCUT2D eigenvalue weighted by molar-refractivity contribution is 5.93. The Balaban J connectivity index is 0.997. The summed E-state index contributed by atoms with van der Waals surface area (Å²) in [5.41, 5.74) is 3.45. The molecule has 3 amide bonds. The normalized spacial score (nSPS) is 19.3. The minimum atomic E-state index is -0.948. The Kier molecular flexibility index (Phi) is 12.4. The van der Waals surface area contributed by atoms with E-state index in [0.29, 0.717) is 55.9 Å². The number of phenolic OH excluding ortho intramolecular Hbond substituents is 1. The molecule has 1 aliphatic carbocycles. The highest BCUT2D eigenvalue weighted by Gasteiger charge is 2.31. The Bertz CT molecular complexity index is 1510. The smallest absolute Gasteiger partial charge is 0.412 e. The number of para-hydroxylation sites is 1. The first-order valence-electron chi connectivity index (χ1n) is 16.9. The Hall–Kier alpha value is -4.45. The molecule has 3 aromatic rings. The molecule has 0 spiro atoms. The average molecular weight is 658 g/mol. The standard InChI is InChI=1S/C37H47N5O6/c43-25-39-32-22-28(12-15-34(32)44)35(45)24-38-23-26-10-13-29(14-11-26)40-36(46)18-21-41-19-16-30(17-20-41)42(37(47)48)33-9-5-4-8-31(33)27-6-2-1-3-7-27/h1-9,12,15,22,25-26,29-30,35,38,44-45H,10-11,13-14,16-21,23-24H2,(H,39,43)(H,40,46)(H,47,48)/t26?,29?,35-/m0/s1. The molecule has 1 atom stereocenters. The van der Waals surface area contributed by atoms with Gasteiger partial charge in [-0.25, -0.2) is 4.79 Å². The topological polar surface area (TPSA) is 154 Å². The number of anilines is 2. The van der Waals surface area contributed by atoms with E-state index in [1.807, 2.05) is 54.6 Å². The minimum absolute atomic E-state index is 0.0546. The lowest BCUT2D eigenvalue weighted by atomic mass is 9.86. The van der Waals surface area contributed by atoms with Crippen LogP contribution in [0.1, 0.15) is 56.6 Å². The van der Waals surface area contributed by atoms with Crippen LogP contribution in [0.3, 0.4) is 0 Å². The van der Waals surface area contributed by atoms with Crippen molar-refractivity contribution < 1.29 is 29.7 Å². The molecule has 48 heavy (non-hydrogen) atoms. The molecule has 0 bridgehead atoms. The third-order valence-electron chi connectivity index (χ3n) is 9.63. The maximum absolute atomic E-state index is 12.8. The lowest BCUT2D eigenvalue weighted by Crippen LogP contribution is -2.48. The Morgan fingerprint density at radius 3 is 2.35 bits per heavy atom. The lowest BCUT2D eigenvalue weighted by Gasteiger charge is -2.38. The summed E-state index contributed by atoms with van der Waals surface area (Å²) in [4.78, 5) is 39.8. The van der Waals surface area contributed by atoms with Crippen LogP contribution in [-0.2, 0) is 9.59 Å². The second-order valence-corrected chi connectivity index (χ2v) is 12.9. The van der Waals surface area contributed by atoms with Crippen molar-refractivity contribution in [2.75, 3.05) is 42.9 Å². The zero-order valence-corrected chi connectivity index (χ0v) is 27.3. The van der Waals surface area contributed by atoms with Crippen molar-refractivity contribution in [3.05, 3.63) is 78.4 Å². The van der Waals surface area contributed by atoms with Crippen molar-refractivity contribution in [2.45, 2.75) is 63.1 Å². The molecule has 6 N–H and O–H groups in total. The van der Waals surface area contributed by atoms with Gasteiger partial charge in [0.15, 0.2) is 0 Å². The maximum Gasteiger partial charge on any atom is 0.412 e. The monoisotopic (exact) mass is 657 g/mol. The van der Waals surface area contributed by atoms with E-state index in [1.165, 1.54) is 11.0 Å². The fourth-order valence-corrected chi connectivity index (χ4v) is 6.96. The molecule has 1 saturated heterocycles. The molecule has 3 aromatic carbocycles. The first-order chi connectivity index (χ1) is 23.3. The SMILES string of the molecule is O=CNc1cc([C@@H](O)CNCC2CCC(NC(=O)CCN3CCC(N(C(=O)O)c4ccccc4-c4ccccc4)CC3)CC2)ccc1O. The van der Waals surface area contributed by atoms with Gasteiger partial charge in [0, 0.05) is 50.2 Å². The number of benzene rings is 3. The van der Waals surface area contributed by atoms with Crippen LogP contribution < -0.4 is 20.9 Å². The van der Waals surface area contributed by atoms with E-state index in [0.717, 1.165) is 56.4 Å². The number of aromatic hydroxyl groups is 1. The molecule has 1 aliphatic heterocycles. The number of aliphatic hydroxyl groups excluding tert-OH is 1. The van der Waals surface area contributed by atoms with Crippen molar-refractivity contribution in [2.24, 2.45) is 5.92 Å². The number of hydrogen-bond donors (Lipinski definition) is 6. The lowest BCUT2D eigenvalue weighted by molar-refractivity contribution is -0.122. The van der Waals surface area contributed by atoms with Gasteiger partial charge >= 0.3 is 6.09 Å².